The van der Waals surface area contributed by atoms with Gasteiger partial charge in [-0.25, -0.2) is 0 Å². The van der Waals surface area contributed by atoms with Crippen LogP contribution in [-0.4, -0.2) is 25.5 Å². The molecule has 2 aliphatic rings. The number of nitrogens with zero attached hydrogens (tertiary/aromatic N) is 1. The van der Waals surface area contributed by atoms with Crippen LogP contribution in [0.15, 0.2) is 18.2 Å². The molecule has 1 aromatic carbocycles. The molecular formula is C17H25N3O. The Bertz CT molecular complexity index is 543. The van der Waals surface area contributed by atoms with E-state index in [1.54, 1.807) is 0 Å². The second kappa shape index (κ2) is 5.34. The SMILES string of the molecule is CCNC1C(=O)Nc2cc(N3CCC(C)(C)CC3)ccc21. The number of amides is 1. The van der Waals surface area contributed by atoms with Crippen molar-refractivity contribution >= 4 is 17.3 Å². The monoisotopic (exact) mass is 287 g/mol. The lowest BCUT2D eigenvalue weighted by Gasteiger charge is -2.38. The van der Waals surface area contributed by atoms with Crippen LogP contribution in [0.1, 0.15) is 45.2 Å². The van der Waals surface area contributed by atoms with Crippen molar-refractivity contribution in [1.29, 1.82) is 0 Å². The van der Waals surface area contributed by atoms with Gasteiger partial charge in [0.15, 0.2) is 0 Å². The fourth-order valence-electron chi connectivity index (χ4n) is 3.22. The van der Waals surface area contributed by atoms with Crippen LogP contribution in [0.5, 0.6) is 0 Å². The molecule has 0 saturated carbocycles. The highest BCUT2D eigenvalue weighted by atomic mass is 16.2. The Kier molecular flexibility index (Phi) is 3.66. The molecule has 0 aliphatic carbocycles. The van der Waals surface area contributed by atoms with E-state index in [9.17, 15) is 4.79 Å². The molecule has 4 nitrogen and oxygen atoms in total. The number of carbonyl (C=O) groups is 1. The van der Waals surface area contributed by atoms with Gasteiger partial charge >= 0.3 is 0 Å². The van der Waals surface area contributed by atoms with E-state index in [0.717, 1.165) is 30.9 Å². The van der Waals surface area contributed by atoms with Crippen molar-refractivity contribution in [3.8, 4) is 0 Å². The van der Waals surface area contributed by atoms with Crippen LogP contribution in [0, 0.1) is 5.41 Å². The number of likely N-dealkylation sites (N-methyl/N-ethyl adjacent to an activating group) is 1. The van der Waals surface area contributed by atoms with E-state index in [2.05, 4.69) is 47.6 Å². The second-order valence-electron chi connectivity index (χ2n) is 6.90. The Morgan fingerprint density at radius 2 is 2.05 bits per heavy atom. The van der Waals surface area contributed by atoms with Crippen molar-refractivity contribution in [2.45, 2.75) is 39.7 Å². The molecule has 0 spiro atoms. The molecule has 1 fully saturated rings. The molecule has 2 heterocycles. The number of anilines is 2. The van der Waals surface area contributed by atoms with E-state index < -0.39 is 0 Å². The zero-order valence-corrected chi connectivity index (χ0v) is 13.2. The lowest BCUT2D eigenvalue weighted by atomic mass is 9.82. The van der Waals surface area contributed by atoms with Gasteiger partial charge in [0.05, 0.1) is 0 Å². The van der Waals surface area contributed by atoms with Gasteiger partial charge in [-0.3, -0.25) is 4.79 Å². The second-order valence-corrected chi connectivity index (χ2v) is 6.90. The van der Waals surface area contributed by atoms with Gasteiger partial charge in [0.2, 0.25) is 5.91 Å². The highest BCUT2D eigenvalue weighted by Crippen LogP contribution is 2.37. The summed E-state index contributed by atoms with van der Waals surface area (Å²) in [4.78, 5) is 14.4. The topological polar surface area (TPSA) is 44.4 Å². The first kappa shape index (κ1) is 14.4. The molecule has 3 rings (SSSR count). The van der Waals surface area contributed by atoms with Crippen LogP contribution < -0.4 is 15.5 Å². The smallest absolute Gasteiger partial charge is 0.246 e. The number of carbonyl (C=O) groups excluding carboxylic acids is 1. The molecular weight excluding hydrogens is 262 g/mol. The minimum Gasteiger partial charge on any atom is -0.371 e. The zero-order chi connectivity index (χ0) is 15.0. The summed E-state index contributed by atoms with van der Waals surface area (Å²) in [7, 11) is 0. The number of hydrogen-bond acceptors (Lipinski definition) is 3. The number of rotatable bonds is 3. The van der Waals surface area contributed by atoms with E-state index in [0.29, 0.717) is 5.41 Å². The van der Waals surface area contributed by atoms with Gasteiger partial charge in [0, 0.05) is 30.0 Å². The lowest BCUT2D eigenvalue weighted by molar-refractivity contribution is -0.117. The standard InChI is InChI=1S/C17H25N3O/c1-4-18-15-13-6-5-12(11-14(13)19-16(15)21)20-9-7-17(2,3)8-10-20/h5-6,11,15,18H,4,7-10H2,1-3H3,(H,19,21). The molecule has 2 aliphatic heterocycles. The first-order chi connectivity index (χ1) is 10.00. The van der Waals surface area contributed by atoms with Crippen molar-refractivity contribution in [2.75, 3.05) is 29.9 Å². The van der Waals surface area contributed by atoms with Gasteiger partial charge in [0.25, 0.3) is 0 Å². The summed E-state index contributed by atoms with van der Waals surface area (Å²) < 4.78 is 0. The predicted molar refractivity (Wildman–Crippen MR) is 86.7 cm³/mol. The fraction of sp³-hybridized carbons (Fsp3) is 0.588. The molecule has 0 bridgehead atoms. The molecule has 1 amide bonds. The Balaban J connectivity index is 1.79. The molecule has 1 atom stereocenters. The summed E-state index contributed by atoms with van der Waals surface area (Å²) >= 11 is 0. The quantitative estimate of drug-likeness (QED) is 0.898. The molecule has 0 radical (unpaired) electrons. The van der Waals surface area contributed by atoms with Crippen LogP contribution in [0.25, 0.3) is 0 Å². The number of fused-ring (bicyclic) bond motifs is 1. The van der Waals surface area contributed by atoms with Gasteiger partial charge in [0.1, 0.15) is 6.04 Å². The number of benzene rings is 1. The molecule has 21 heavy (non-hydrogen) atoms. The summed E-state index contributed by atoms with van der Waals surface area (Å²) in [6.45, 7) is 9.69. The third-order valence-corrected chi connectivity index (χ3v) is 4.76. The minimum absolute atomic E-state index is 0.0591. The minimum atomic E-state index is -0.195. The maximum atomic E-state index is 12.0. The summed E-state index contributed by atoms with van der Waals surface area (Å²) in [5.41, 5.74) is 3.72. The van der Waals surface area contributed by atoms with E-state index in [4.69, 9.17) is 0 Å². The van der Waals surface area contributed by atoms with Gasteiger partial charge in [-0.2, -0.15) is 0 Å². The van der Waals surface area contributed by atoms with E-state index >= 15 is 0 Å². The van der Waals surface area contributed by atoms with Crippen LogP contribution >= 0.6 is 0 Å². The van der Waals surface area contributed by atoms with Crippen molar-refractivity contribution in [3.05, 3.63) is 23.8 Å². The zero-order valence-electron chi connectivity index (χ0n) is 13.2. The number of piperidine rings is 1. The average molecular weight is 287 g/mol. The largest absolute Gasteiger partial charge is 0.371 e. The van der Waals surface area contributed by atoms with Gasteiger partial charge in [-0.1, -0.05) is 26.8 Å². The Morgan fingerprint density at radius 3 is 2.71 bits per heavy atom. The molecule has 1 unspecified atom stereocenters. The Morgan fingerprint density at radius 1 is 1.33 bits per heavy atom. The van der Waals surface area contributed by atoms with Crippen LogP contribution in [0.3, 0.4) is 0 Å². The molecule has 2 N–H and O–H groups in total. The lowest BCUT2D eigenvalue weighted by Crippen LogP contribution is -2.37. The maximum absolute atomic E-state index is 12.0. The van der Waals surface area contributed by atoms with Crippen molar-refractivity contribution < 1.29 is 4.79 Å². The maximum Gasteiger partial charge on any atom is 0.246 e. The highest BCUT2D eigenvalue weighted by Gasteiger charge is 2.31. The number of nitrogens with one attached hydrogen (secondary N) is 2. The third-order valence-electron chi connectivity index (χ3n) is 4.76. The average Bonchev–Trinajstić information content (AvgIpc) is 2.75. The van der Waals surface area contributed by atoms with E-state index in [1.807, 2.05) is 6.92 Å². The van der Waals surface area contributed by atoms with Crippen molar-refractivity contribution in [3.63, 3.8) is 0 Å². The highest BCUT2D eigenvalue weighted by molar-refractivity contribution is 6.03. The predicted octanol–water partition coefficient (Wildman–Crippen LogP) is 2.92. The summed E-state index contributed by atoms with van der Waals surface area (Å²) in [5, 5.41) is 6.23. The van der Waals surface area contributed by atoms with Crippen LogP contribution in [-0.2, 0) is 4.79 Å². The van der Waals surface area contributed by atoms with Crippen molar-refractivity contribution in [1.82, 2.24) is 5.32 Å². The normalized spacial score (nSPS) is 23.9. The van der Waals surface area contributed by atoms with Gasteiger partial charge in [-0.15, -0.1) is 0 Å². The molecule has 1 saturated heterocycles. The Hall–Kier alpha value is -1.55. The molecule has 114 valence electrons. The van der Waals surface area contributed by atoms with Gasteiger partial charge < -0.3 is 15.5 Å². The van der Waals surface area contributed by atoms with Crippen LogP contribution in [0.4, 0.5) is 11.4 Å². The van der Waals surface area contributed by atoms with Crippen LogP contribution in [0.2, 0.25) is 0 Å². The van der Waals surface area contributed by atoms with Gasteiger partial charge in [-0.05, 0) is 36.9 Å². The Labute approximate surface area is 126 Å². The molecule has 0 aromatic heterocycles. The van der Waals surface area contributed by atoms with Crippen molar-refractivity contribution in [2.24, 2.45) is 5.41 Å². The first-order valence-electron chi connectivity index (χ1n) is 7.93. The van der Waals surface area contributed by atoms with E-state index in [-0.39, 0.29) is 11.9 Å². The third kappa shape index (κ3) is 2.77. The molecule has 4 heteroatoms. The summed E-state index contributed by atoms with van der Waals surface area (Å²) in [5.74, 6) is 0.0591. The van der Waals surface area contributed by atoms with E-state index in [1.165, 1.54) is 18.5 Å². The summed E-state index contributed by atoms with van der Waals surface area (Å²) in [6, 6.07) is 6.18. The molecule has 1 aromatic rings. The number of hydrogen-bond donors (Lipinski definition) is 2. The summed E-state index contributed by atoms with van der Waals surface area (Å²) in [6.07, 6.45) is 2.44. The first-order valence-corrected chi connectivity index (χ1v) is 7.93. The fourth-order valence-corrected chi connectivity index (χ4v) is 3.22.